The molecule has 0 saturated heterocycles. The Kier molecular flexibility index (Phi) is 8.01. The Morgan fingerprint density at radius 2 is 1.93 bits per heavy atom. The summed E-state index contributed by atoms with van der Waals surface area (Å²) in [4.78, 5) is 42.6. The first-order valence-corrected chi connectivity index (χ1v) is 13.3. The fourth-order valence-electron chi connectivity index (χ4n) is 4.41. The minimum absolute atomic E-state index is 0.234. The molecule has 3 aromatic heterocycles. The molecule has 2 amide bonds. The number of benzene rings is 1. The van der Waals surface area contributed by atoms with E-state index in [-0.39, 0.29) is 18.4 Å². The predicted molar refractivity (Wildman–Crippen MR) is 153 cm³/mol. The smallest absolute Gasteiger partial charge is 0.255 e. The molecule has 15 heteroatoms. The van der Waals surface area contributed by atoms with Gasteiger partial charge in [0, 0.05) is 31.8 Å². The second kappa shape index (κ2) is 11.6. The Hall–Kier alpha value is -4.33. The molecule has 0 radical (unpaired) electrons. The Morgan fingerprint density at radius 3 is 2.63 bits per heavy atom. The number of anilines is 3. The second-order valence-corrected chi connectivity index (χ2v) is 10.1. The molecule has 1 aliphatic rings. The number of aliphatic hydroxyl groups is 1. The molecule has 41 heavy (non-hydrogen) atoms. The first-order chi connectivity index (χ1) is 19.7. The lowest BCUT2D eigenvalue weighted by Crippen LogP contribution is -2.47. The Morgan fingerprint density at radius 1 is 1.12 bits per heavy atom. The van der Waals surface area contributed by atoms with Gasteiger partial charge in [0.05, 0.1) is 46.5 Å². The highest BCUT2D eigenvalue weighted by molar-refractivity contribution is 6.33. The van der Waals surface area contributed by atoms with Crippen molar-refractivity contribution in [2.75, 3.05) is 24.3 Å². The van der Waals surface area contributed by atoms with E-state index in [1.165, 1.54) is 22.1 Å². The average molecular weight is 597 g/mol. The fourth-order valence-corrected chi connectivity index (χ4v) is 4.84. The molecule has 0 unspecified atom stereocenters. The number of hydrogen-bond acceptors (Lipinski definition) is 10. The number of pyridine rings is 1. The molecule has 0 bridgehead atoms. The second-order valence-electron chi connectivity index (χ2n) is 9.27. The number of fused-ring (bicyclic) bond motifs is 1. The number of halogens is 2. The van der Waals surface area contributed by atoms with Crippen LogP contribution in [0.25, 0.3) is 11.3 Å². The standard InChI is InChI=1S/C26H26Cl2N10O3/c1-13(24(40)32-19(12-39)23-17(27)6-7-20(29-2)33-23)38-11-15-5-4-14(8-16(15)25(38)41)22-18(28)9-30-26(35-22)34-21-10-31-37(3)36-21/h4-10,13,19,39H,11-12H2,1-3H3,(H,29,33)(H,32,40)(H,30,34,35,36)/t13-,19-/m1/s1. The Bertz CT molecular complexity index is 1630. The van der Waals surface area contributed by atoms with Gasteiger partial charge < -0.3 is 26.0 Å². The summed E-state index contributed by atoms with van der Waals surface area (Å²) in [7, 11) is 3.39. The van der Waals surface area contributed by atoms with Crippen molar-refractivity contribution in [2.24, 2.45) is 7.05 Å². The van der Waals surface area contributed by atoms with Gasteiger partial charge >= 0.3 is 0 Å². The number of carbonyl (C=O) groups excluding carboxylic acids is 2. The van der Waals surface area contributed by atoms with Gasteiger partial charge in [0.15, 0.2) is 5.82 Å². The minimum atomic E-state index is -0.859. The molecular weight excluding hydrogens is 571 g/mol. The van der Waals surface area contributed by atoms with E-state index in [1.807, 2.05) is 12.1 Å². The molecule has 4 heterocycles. The normalized spacial score (nSPS) is 14.0. The number of hydrogen-bond donors (Lipinski definition) is 4. The number of aliphatic hydroxyl groups excluding tert-OH is 1. The van der Waals surface area contributed by atoms with Crippen LogP contribution in [0.4, 0.5) is 17.6 Å². The van der Waals surface area contributed by atoms with Crippen molar-refractivity contribution in [2.45, 2.75) is 25.6 Å². The highest BCUT2D eigenvalue weighted by atomic mass is 35.5. The lowest BCUT2D eigenvalue weighted by atomic mass is 10.0. The van der Waals surface area contributed by atoms with Crippen LogP contribution in [0.5, 0.6) is 0 Å². The molecule has 0 spiro atoms. The van der Waals surface area contributed by atoms with Crippen LogP contribution in [0.2, 0.25) is 10.0 Å². The van der Waals surface area contributed by atoms with Gasteiger partial charge in [0.1, 0.15) is 11.9 Å². The van der Waals surface area contributed by atoms with Crippen LogP contribution < -0.4 is 16.0 Å². The number of nitrogens with zero attached hydrogens (tertiary/aromatic N) is 7. The zero-order valence-corrected chi connectivity index (χ0v) is 23.8. The van der Waals surface area contributed by atoms with E-state index >= 15 is 0 Å². The van der Waals surface area contributed by atoms with Crippen LogP contribution in [0.15, 0.2) is 42.7 Å². The highest BCUT2D eigenvalue weighted by Gasteiger charge is 2.35. The maximum atomic E-state index is 13.4. The molecule has 4 aromatic rings. The van der Waals surface area contributed by atoms with Gasteiger partial charge in [0.2, 0.25) is 11.9 Å². The SMILES string of the molecule is CNc1ccc(Cl)c([C@@H](CO)NC(=O)[C@@H](C)N2Cc3ccc(-c4nc(Nc5cnn(C)n5)ncc4Cl)cc3C2=O)n1. The third kappa shape index (κ3) is 5.78. The van der Waals surface area contributed by atoms with E-state index in [9.17, 15) is 14.7 Å². The van der Waals surface area contributed by atoms with E-state index in [0.29, 0.717) is 44.2 Å². The molecule has 2 atom stereocenters. The van der Waals surface area contributed by atoms with Crippen molar-refractivity contribution in [1.82, 2.24) is 40.2 Å². The quantitative estimate of drug-likeness (QED) is 0.226. The first kappa shape index (κ1) is 28.2. The third-order valence-corrected chi connectivity index (χ3v) is 7.20. The molecule has 0 fully saturated rings. The fraction of sp³-hybridized carbons (Fsp3) is 0.269. The molecule has 13 nitrogen and oxygen atoms in total. The van der Waals surface area contributed by atoms with Crippen molar-refractivity contribution in [1.29, 1.82) is 0 Å². The van der Waals surface area contributed by atoms with Crippen LogP contribution in [-0.4, -0.2) is 71.5 Å². The largest absolute Gasteiger partial charge is 0.394 e. The summed E-state index contributed by atoms with van der Waals surface area (Å²) in [6.45, 7) is 1.43. The van der Waals surface area contributed by atoms with Crippen LogP contribution >= 0.6 is 23.2 Å². The lowest BCUT2D eigenvalue weighted by Gasteiger charge is -2.26. The van der Waals surface area contributed by atoms with E-state index in [4.69, 9.17) is 23.2 Å². The van der Waals surface area contributed by atoms with Crippen molar-refractivity contribution in [3.63, 3.8) is 0 Å². The molecule has 4 N–H and O–H groups in total. The van der Waals surface area contributed by atoms with E-state index in [2.05, 4.69) is 41.1 Å². The molecule has 212 valence electrons. The molecule has 0 saturated carbocycles. The van der Waals surface area contributed by atoms with Gasteiger partial charge in [-0.2, -0.15) is 9.90 Å². The van der Waals surface area contributed by atoms with Crippen molar-refractivity contribution < 1.29 is 14.7 Å². The summed E-state index contributed by atoms with van der Waals surface area (Å²) < 4.78 is 0. The third-order valence-electron chi connectivity index (χ3n) is 6.60. The van der Waals surface area contributed by atoms with E-state index in [1.54, 1.807) is 39.2 Å². The topological polar surface area (TPSA) is 163 Å². The summed E-state index contributed by atoms with van der Waals surface area (Å²) in [6, 6.07) is 6.93. The van der Waals surface area contributed by atoms with Crippen molar-refractivity contribution in [3.8, 4) is 11.3 Å². The Labute approximate surface area is 244 Å². The van der Waals surface area contributed by atoms with Gasteiger partial charge in [-0.3, -0.25) is 9.59 Å². The van der Waals surface area contributed by atoms with Gasteiger partial charge in [-0.1, -0.05) is 35.3 Å². The molecule has 5 rings (SSSR count). The van der Waals surface area contributed by atoms with Gasteiger partial charge in [-0.05, 0) is 30.7 Å². The van der Waals surface area contributed by atoms with Crippen LogP contribution in [-0.2, 0) is 18.4 Å². The van der Waals surface area contributed by atoms with Gasteiger partial charge in [-0.15, -0.1) is 5.10 Å². The van der Waals surface area contributed by atoms with E-state index < -0.39 is 24.6 Å². The lowest BCUT2D eigenvalue weighted by molar-refractivity contribution is -0.126. The minimum Gasteiger partial charge on any atom is -0.394 e. The van der Waals surface area contributed by atoms with Crippen LogP contribution in [0.3, 0.4) is 0 Å². The number of carbonyl (C=O) groups is 2. The number of amides is 2. The van der Waals surface area contributed by atoms with Crippen molar-refractivity contribution in [3.05, 3.63) is 69.6 Å². The maximum Gasteiger partial charge on any atom is 0.255 e. The molecular formula is C26H26Cl2N10O3. The summed E-state index contributed by atoms with van der Waals surface area (Å²) in [5.41, 5.74) is 2.54. The zero-order valence-electron chi connectivity index (χ0n) is 22.3. The van der Waals surface area contributed by atoms with Gasteiger partial charge in [-0.25, -0.2) is 15.0 Å². The average Bonchev–Trinajstić information content (AvgIpc) is 3.54. The van der Waals surface area contributed by atoms with E-state index in [0.717, 1.165) is 5.56 Å². The zero-order chi connectivity index (χ0) is 29.3. The molecule has 1 aliphatic heterocycles. The monoisotopic (exact) mass is 596 g/mol. The molecule has 0 aliphatic carbocycles. The van der Waals surface area contributed by atoms with Gasteiger partial charge in [0.25, 0.3) is 5.91 Å². The number of aromatic nitrogens is 6. The summed E-state index contributed by atoms with van der Waals surface area (Å²) in [5.74, 6) is 0.478. The summed E-state index contributed by atoms with van der Waals surface area (Å²) >= 11 is 12.7. The number of rotatable bonds is 9. The number of nitrogens with one attached hydrogen (secondary N) is 3. The first-order valence-electron chi connectivity index (χ1n) is 12.5. The van der Waals surface area contributed by atoms with Crippen molar-refractivity contribution >= 4 is 52.6 Å². The summed E-state index contributed by atoms with van der Waals surface area (Å²) in [5, 5.41) is 27.4. The summed E-state index contributed by atoms with van der Waals surface area (Å²) in [6.07, 6.45) is 2.99. The maximum absolute atomic E-state index is 13.4. The molecule has 1 aromatic carbocycles. The Balaban J connectivity index is 1.33. The number of aryl methyl sites for hydroxylation is 1. The highest BCUT2D eigenvalue weighted by Crippen LogP contribution is 2.33. The van der Waals surface area contributed by atoms with Crippen LogP contribution in [0, 0.1) is 0 Å². The predicted octanol–water partition coefficient (Wildman–Crippen LogP) is 2.95. The van der Waals surface area contributed by atoms with Crippen LogP contribution in [0.1, 0.15) is 34.6 Å².